The molecule has 2 N–H and O–H groups in total. The van der Waals surface area contributed by atoms with Crippen LogP contribution in [0.15, 0.2) is 41.5 Å². The highest BCUT2D eigenvalue weighted by Gasteiger charge is 2.21. The maximum atomic E-state index is 11.9. The van der Waals surface area contributed by atoms with Gasteiger partial charge in [0.25, 0.3) is 5.91 Å². The van der Waals surface area contributed by atoms with Gasteiger partial charge in [-0.25, -0.2) is 5.43 Å². The molecule has 0 spiro atoms. The molecule has 0 saturated heterocycles. The molecule has 2 aromatic rings. The van der Waals surface area contributed by atoms with Crippen LogP contribution in [0.5, 0.6) is 17.2 Å². The molecule has 0 aliphatic carbocycles. The quantitative estimate of drug-likeness (QED) is 0.445. The average molecular weight is 359 g/mol. The molecule has 0 fully saturated rings. The number of nitro groups is 1. The van der Waals surface area contributed by atoms with Crippen LogP contribution < -0.4 is 14.9 Å². The number of ether oxygens (including phenoxy) is 2. The summed E-state index contributed by atoms with van der Waals surface area (Å²) in [5.41, 5.74) is 2.68. The second-order valence-corrected chi connectivity index (χ2v) is 5.01. The minimum atomic E-state index is -0.583. The van der Waals surface area contributed by atoms with E-state index in [4.69, 9.17) is 9.47 Å². The number of phenols is 1. The van der Waals surface area contributed by atoms with Crippen molar-refractivity contribution in [3.63, 3.8) is 0 Å². The molecule has 26 heavy (non-hydrogen) atoms. The molecular weight excluding hydrogens is 342 g/mol. The second kappa shape index (κ2) is 8.47. The molecule has 0 aliphatic rings. The Balaban J connectivity index is 2.21. The summed E-state index contributed by atoms with van der Waals surface area (Å²) in [6, 6.07) is 8.40. The molecule has 0 radical (unpaired) electrons. The summed E-state index contributed by atoms with van der Waals surface area (Å²) in [5, 5.41) is 24.2. The highest BCUT2D eigenvalue weighted by molar-refractivity contribution is 5.95. The van der Waals surface area contributed by atoms with Crippen molar-refractivity contribution in [2.75, 3.05) is 13.7 Å². The van der Waals surface area contributed by atoms with Crippen LogP contribution in [0.4, 0.5) is 5.69 Å². The van der Waals surface area contributed by atoms with E-state index in [-0.39, 0.29) is 29.5 Å². The van der Waals surface area contributed by atoms with Gasteiger partial charge in [-0.05, 0) is 37.3 Å². The van der Waals surface area contributed by atoms with Crippen LogP contribution in [0.2, 0.25) is 0 Å². The van der Waals surface area contributed by atoms with E-state index in [0.29, 0.717) is 11.1 Å². The zero-order chi connectivity index (χ0) is 19.1. The predicted octanol–water partition coefficient (Wildman–Crippen LogP) is 2.47. The first kappa shape index (κ1) is 18.7. The Labute approximate surface area is 149 Å². The van der Waals surface area contributed by atoms with Crippen LogP contribution in [0.1, 0.15) is 22.8 Å². The van der Waals surface area contributed by atoms with Crippen LogP contribution in [0.25, 0.3) is 0 Å². The Bertz CT molecular complexity index is 833. The third-order valence-electron chi connectivity index (χ3n) is 3.27. The molecule has 9 heteroatoms. The van der Waals surface area contributed by atoms with Crippen LogP contribution >= 0.6 is 0 Å². The topological polar surface area (TPSA) is 123 Å². The highest BCUT2D eigenvalue weighted by Crippen LogP contribution is 2.37. The second-order valence-electron chi connectivity index (χ2n) is 5.01. The number of methoxy groups -OCH3 is 1. The number of hydrogen-bond donors (Lipinski definition) is 2. The zero-order valence-corrected chi connectivity index (χ0v) is 14.1. The van der Waals surface area contributed by atoms with E-state index in [1.165, 1.54) is 49.7 Å². The summed E-state index contributed by atoms with van der Waals surface area (Å²) in [5.74, 6) is -0.231. The molecule has 0 unspecified atom stereocenters. The monoisotopic (exact) mass is 359 g/mol. The van der Waals surface area contributed by atoms with Crippen molar-refractivity contribution in [1.29, 1.82) is 0 Å². The molecule has 1 amide bonds. The van der Waals surface area contributed by atoms with Gasteiger partial charge < -0.3 is 14.6 Å². The average Bonchev–Trinajstić information content (AvgIpc) is 2.62. The number of nitro benzene ring substituents is 1. The first-order valence-corrected chi connectivity index (χ1v) is 7.58. The first-order valence-electron chi connectivity index (χ1n) is 7.58. The number of aromatic hydroxyl groups is 1. The van der Waals surface area contributed by atoms with Crippen molar-refractivity contribution in [3.8, 4) is 17.2 Å². The lowest BCUT2D eigenvalue weighted by Crippen LogP contribution is -2.17. The zero-order valence-electron chi connectivity index (χ0n) is 14.1. The van der Waals surface area contributed by atoms with E-state index in [2.05, 4.69) is 10.5 Å². The van der Waals surface area contributed by atoms with E-state index in [1.807, 2.05) is 0 Å². The van der Waals surface area contributed by atoms with Crippen LogP contribution in [-0.4, -0.2) is 35.9 Å². The van der Waals surface area contributed by atoms with Gasteiger partial charge in [0, 0.05) is 17.2 Å². The third-order valence-corrected chi connectivity index (χ3v) is 3.27. The molecule has 2 rings (SSSR count). The fraction of sp³-hybridized carbons (Fsp3) is 0.176. The number of benzene rings is 2. The van der Waals surface area contributed by atoms with Crippen LogP contribution in [-0.2, 0) is 0 Å². The number of nitrogens with zero attached hydrogens (tertiary/aromatic N) is 2. The molecule has 2 aromatic carbocycles. The van der Waals surface area contributed by atoms with Crippen molar-refractivity contribution in [3.05, 3.63) is 57.6 Å². The van der Waals surface area contributed by atoms with Gasteiger partial charge in [-0.2, -0.15) is 5.10 Å². The van der Waals surface area contributed by atoms with Gasteiger partial charge in [0.05, 0.1) is 24.9 Å². The van der Waals surface area contributed by atoms with E-state index >= 15 is 0 Å². The molecule has 0 bridgehead atoms. The van der Waals surface area contributed by atoms with Crippen LogP contribution in [0, 0.1) is 10.1 Å². The minimum Gasteiger partial charge on any atom is -0.508 e. The number of amides is 1. The van der Waals surface area contributed by atoms with Gasteiger partial charge in [0.1, 0.15) is 5.75 Å². The lowest BCUT2D eigenvalue weighted by atomic mass is 10.2. The summed E-state index contributed by atoms with van der Waals surface area (Å²) in [7, 11) is 1.37. The summed E-state index contributed by atoms with van der Waals surface area (Å²) >= 11 is 0. The number of hydrazone groups is 1. The Morgan fingerprint density at radius 3 is 2.62 bits per heavy atom. The van der Waals surface area contributed by atoms with Gasteiger partial charge in [-0.1, -0.05) is 0 Å². The SMILES string of the molecule is CCOc1c(OC)cc(/C=N\NC(=O)c2ccc(O)cc2)cc1[N+](=O)[O-]. The molecule has 0 aromatic heterocycles. The largest absolute Gasteiger partial charge is 0.508 e. The van der Waals surface area contributed by atoms with Gasteiger partial charge in [0.2, 0.25) is 5.75 Å². The van der Waals surface area contributed by atoms with E-state index in [1.54, 1.807) is 6.92 Å². The van der Waals surface area contributed by atoms with Crippen LogP contribution in [0.3, 0.4) is 0 Å². The van der Waals surface area contributed by atoms with Crippen molar-refractivity contribution >= 4 is 17.8 Å². The number of carbonyl (C=O) groups is 1. The van der Waals surface area contributed by atoms with Gasteiger partial charge in [-0.15, -0.1) is 0 Å². The maximum Gasteiger partial charge on any atom is 0.315 e. The standard InChI is InChI=1S/C17H17N3O6/c1-3-26-16-14(20(23)24)8-11(9-15(16)25-2)10-18-19-17(22)12-4-6-13(21)7-5-12/h4-10,21H,3H2,1-2H3,(H,19,22)/b18-10-. The first-order chi connectivity index (χ1) is 12.5. The summed E-state index contributed by atoms with van der Waals surface area (Å²) in [6.07, 6.45) is 1.25. The number of hydrogen-bond acceptors (Lipinski definition) is 7. The minimum absolute atomic E-state index is 0.0327. The summed E-state index contributed by atoms with van der Waals surface area (Å²) < 4.78 is 10.4. The van der Waals surface area contributed by atoms with Crippen molar-refractivity contribution in [2.24, 2.45) is 5.10 Å². The molecule has 0 atom stereocenters. The predicted molar refractivity (Wildman–Crippen MR) is 94.0 cm³/mol. The van der Waals surface area contributed by atoms with Gasteiger partial charge >= 0.3 is 5.69 Å². The Morgan fingerprint density at radius 2 is 2.04 bits per heavy atom. The molecule has 0 aliphatic heterocycles. The Hall–Kier alpha value is -3.62. The fourth-order valence-corrected chi connectivity index (χ4v) is 2.10. The number of phenolic OH excluding ortho intramolecular Hbond substituents is 1. The molecule has 0 heterocycles. The lowest BCUT2D eigenvalue weighted by molar-refractivity contribution is -0.385. The van der Waals surface area contributed by atoms with E-state index in [0.717, 1.165) is 0 Å². The van der Waals surface area contributed by atoms with Gasteiger partial charge in [0.15, 0.2) is 5.75 Å². The molecular formula is C17H17N3O6. The van der Waals surface area contributed by atoms with E-state index < -0.39 is 10.8 Å². The molecule has 136 valence electrons. The number of nitrogens with one attached hydrogen (secondary N) is 1. The fourth-order valence-electron chi connectivity index (χ4n) is 2.10. The highest BCUT2D eigenvalue weighted by atomic mass is 16.6. The third kappa shape index (κ3) is 4.47. The van der Waals surface area contributed by atoms with E-state index in [9.17, 15) is 20.0 Å². The normalized spacial score (nSPS) is 10.5. The summed E-state index contributed by atoms with van der Waals surface area (Å²) in [4.78, 5) is 22.6. The maximum absolute atomic E-state index is 11.9. The Morgan fingerprint density at radius 1 is 1.35 bits per heavy atom. The molecule has 9 nitrogen and oxygen atoms in total. The molecule has 0 saturated carbocycles. The Kier molecular flexibility index (Phi) is 6.10. The van der Waals surface area contributed by atoms with Crippen molar-refractivity contribution < 1.29 is 24.3 Å². The summed E-state index contributed by atoms with van der Waals surface area (Å²) in [6.45, 7) is 1.95. The van der Waals surface area contributed by atoms with Gasteiger partial charge in [-0.3, -0.25) is 14.9 Å². The van der Waals surface area contributed by atoms with Crippen molar-refractivity contribution in [1.82, 2.24) is 5.43 Å². The van der Waals surface area contributed by atoms with Crippen molar-refractivity contribution in [2.45, 2.75) is 6.92 Å². The smallest absolute Gasteiger partial charge is 0.315 e. The lowest BCUT2D eigenvalue weighted by Gasteiger charge is -2.10. The number of rotatable bonds is 7. The number of carbonyl (C=O) groups excluding carboxylic acids is 1.